The van der Waals surface area contributed by atoms with Crippen LogP contribution in [0, 0.1) is 0 Å². The summed E-state index contributed by atoms with van der Waals surface area (Å²) in [6.45, 7) is 1.57. The summed E-state index contributed by atoms with van der Waals surface area (Å²) in [6.07, 6.45) is 1.47. The molecule has 2 aromatic rings. The van der Waals surface area contributed by atoms with Crippen LogP contribution in [0.15, 0.2) is 53.2 Å². The highest BCUT2D eigenvalue weighted by Crippen LogP contribution is 2.30. The normalized spacial score (nSPS) is 16.3. The Morgan fingerprint density at radius 1 is 1.19 bits per heavy atom. The van der Waals surface area contributed by atoms with Crippen molar-refractivity contribution in [3.63, 3.8) is 0 Å². The average Bonchev–Trinajstić information content (AvgIpc) is 3.21. The van der Waals surface area contributed by atoms with E-state index in [0.717, 1.165) is 4.88 Å². The molecule has 0 fully saturated rings. The van der Waals surface area contributed by atoms with E-state index in [0.29, 0.717) is 0 Å². The molecule has 0 bridgehead atoms. The van der Waals surface area contributed by atoms with Crippen molar-refractivity contribution in [2.45, 2.75) is 13.0 Å². The van der Waals surface area contributed by atoms with E-state index in [2.05, 4.69) is 15.6 Å². The molecule has 2 aromatic heterocycles. The Balaban J connectivity index is 1.88. The third kappa shape index (κ3) is 4.32. The minimum Gasteiger partial charge on any atom is -0.463 e. The summed E-state index contributed by atoms with van der Waals surface area (Å²) in [5.74, 6) is -1.25. The van der Waals surface area contributed by atoms with Crippen LogP contribution >= 0.6 is 11.3 Å². The number of nitrogens with zero attached hydrogens (tertiary/aromatic N) is 1. The largest absolute Gasteiger partial charge is 0.463 e. The zero-order valence-corrected chi connectivity index (χ0v) is 15.2. The first-order valence-electron chi connectivity index (χ1n) is 8.19. The van der Waals surface area contributed by atoms with Gasteiger partial charge in [0, 0.05) is 11.1 Å². The molecule has 2 amide bonds. The fraction of sp³-hybridized carbons (Fsp3) is 0.222. The number of aromatic nitrogens is 1. The molecule has 0 radical (unpaired) electrons. The molecule has 140 valence electrons. The lowest BCUT2D eigenvalue weighted by molar-refractivity contribution is -0.139. The molecule has 3 heterocycles. The Morgan fingerprint density at radius 2 is 2.04 bits per heavy atom. The second-order valence-corrected chi connectivity index (χ2v) is 6.43. The highest BCUT2D eigenvalue weighted by atomic mass is 32.1. The number of ether oxygens (including phenoxy) is 2. The molecule has 8 nitrogen and oxygen atoms in total. The Labute approximate surface area is 159 Å². The molecule has 0 aliphatic carbocycles. The van der Waals surface area contributed by atoms with Crippen LogP contribution < -0.4 is 10.6 Å². The summed E-state index contributed by atoms with van der Waals surface area (Å²) >= 11 is 1.39. The van der Waals surface area contributed by atoms with Gasteiger partial charge in [-0.3, -0.25) is 0 Å². The first-order valence-corrected chi connectivity index (χ1v) is 9.07. The molecule has 0 aromatic carbocycles. The van der Waals surface area contributed by atoms with Crippen molar-refractivity contribution >= 4 is 29.3 Å². The molecule has 27 heavy (non-hydrogen) atoms. The number of hydrogen-bond donors (Lipinski definition) is 2. The third-order valence-electron chi connectivity index (χ3n) is 3.70. The molecular formula is C18H17N3O5S. The van der Waals surface area contributed by atoms with Crippen LogP contribution in [0.25, 0.3) is 0 Å². The number of nitrogens with one attached hydrogen (secondary N) is 2. The number of urea groups is 1. The third-order valence-corrected chi connectivity index (χ3v) is 4.64. The number of thiophene rings is 1. The van der Waals surface area contributed by atoms with Gasteiger partial charge in [0.1, 0.15) is 12.3 Å². The summed E-state index contributed by atoms with van der Waals surface area (Å²) in [4.78, 5) is 41.4. The summed E-state index contributed by atoms with van der Waals surface area (Å²) in [5.41, 5.74) is 0.512. The van der Waals surface area contributed by atoms with Crippen LogP contribution in [0.2, 0.25) is 0 Å². The van der Waals surface area contributed by atoms with Crippen molar-refractivity contribution in [2.75, 3.05) is 13.2 Å². The van der Waals surface area contributed by atoms with E-state index in [-0.39, 0.29) is 30.2 Å². The average molecular weight is 387 g/mol. The topological polar surface area (TPSA) is 107 Å². The van der Waals surface area contributed by atoms with Crippen LogP contribution in [0.5, 0.6) is 0 Å². The van der Waals surface area contributed by atoms with Crippen molar-refractivity contribution in [2.24, 2.45) is 0 Å². The van der Waals surface area contributed by atoms with Crippen molar-refractivity contribution in [1.82, 2.24) is 15.6 Å². The Bertz CT molecular complexity index is 864. The van der Waals surface area contributed by atoms with Gasteiger partial charge in [0.2, 0.25) is 0 Å². The summed E-state index contributed by atoms with van der Waals surface area (Å²) < 4.78 is 10.4. The van der Waals surface area contributed by atoms with Gasteiger partial charge in [-0.1, -0.05) is 12.1 Å². The maximum atomic E-state index is 12.5. The molecule has 0 unspecified atom stereocenters. The molecular weight excluding hydrogens is 370 g/mol. The van der Waals surface area contributed by atoms with Crippen molar-refractivity contribution < 1.29 is 23.9 Å². The minimum absolute atomic E-state index is 0.130. The van der Waals surface area contributed by atoms with Crippen LogP contribution in [0.1, 0.15) is 28.3 Å². The van der Waals surface area contributed by atoms with Gasteiger partial charge in [-0.15, -0.1) is 11.3 Å². The highest BCUT2D eigenvalue weighted by molar-refractivity contribution is 7.10. The molecule has 1 aliphatic rings. The van der Waals surface area contributed by atoms with Gasteiger partial charge >= 0.3 is 18.0 Å². The van der Waals surface area contributed by atoms with E-state index in [4.69, 9.17) is 9.47 Å². The van der Waals surface area contributed by atoms with Gasteiger partial charge in [-0.05, 0) is 30.5 Å². The molecule has 0 saturated carbocycles. The molecule has 2 N–H and O–H groups in total. The molecule has 9 heteroatoms. The zero-order valence-electron chi connectivity index (χ0n) is 14.4. The van der Waals surface area contributed by atoms with E-state index in [1.165, 1.54) is 23.6 Å². The maximum Gasteiger partial charge on any atom is 0.357 e. The fourth-order valence-corrected chi connectivity index (χ4v) is 3.33. The Kier molecular flexibility index (Phi) is 5.82. The zero-order chi connectivity index (χ0) is 19.2. The molecule has 0 saturated heterocycles. The van der Waals surface area contributed by atoms with Crippen LogP contribution in [-0.4, -0.2) is 36.2 Å². The van der Waals surface area contributed by atoms with E-state index < -0.39 is 24.0 Å². The first-order chi connectivity index (χ1) is 13.1. The standard InChI is InChI=1S/C18H17N3O5S/c1-2-25-17(23)14-12(10-26-16(22)11-6-3-4-8-19-11)20-18(24)21-15(14)13-7-5-9-27-13/h3-9,15H,2,10H2,1H3,(H2,20,21,24)/t15-/m0/s1. The van der Waals surface area contributed by atoms with Crippen LogP contribution in [0.3, 0.4) is 0 Å². The lowest BCUT2D eigenvalue weighted by Gasteiger charge is -2.28. The Hall–Kier alpha value is -3.20. The van der Waals surface area contributed by atoms with Gasteiger partial charge in [0.25, 0.3) is 0 Å². The van der Waals surface area contributed by atoms with Gasteiger partial charge in [-0.2, -0.15) is 0 Å². The predicted octanol–water partition coefficient (Wildman–Crippen LogP) is 2.17. The van der Waals surface area contributed by atoms with E-state index >= 15 is 0 Å². The quantitative estimate of drug-likeness (QED) is 0.736. The second-order valence-electron chi connectivity index (χ2n) is 5.45. The molecule has 1 aliphatic heterocycles. The fourth-order valence-electron chi connectivity index (χ4n) is 2.55. The van der Waals surface area contributed by atoms with E-state index in [1.54, 1.807) is 25.1 Å². The lowest BCUT2D eigenvalue weighted by Crippen LogP contribution is -2.46. The van der Waals surface area contributed by atoms with E-state index in [1.807, 2.05) is 11.4 Å². The number of amides is 2. The number of carbonyl (C=O) groups is 3. The number of esters is 2. The van der Waals surface area contributed by atoms with Gasteiger partial charge in [-0.25, -0.2) is 19.4 Å². The van der Waals surface area contributed by atoms with Gasteiger partial charge in [0.05, 0.1) is 23.9 Å². The molecule has 1 atom stereocenters. The number of rotatable bonds is 6. The highest BCUT2D eigenvalue weighted by Gasteiger charge is 2.34. The Morgan fingerprint density at radius 3 is 2.70 bits per heavy atom. The van der Waals surface area contributed by atoms with E-state index in [9.17, 15) is 14.4 Å². The van der Waals surface area contributed by atoms with Gasteiger partial charge < -0.3 is 20.1 Å². The predicted molar refractivity (Wildman–Crippen MR) is 96.9 cm³/mol. The number of carbonyl (C=O) groups excluding carboxylic acids is 3. The summed E-state index contributed by atoms with van der Waals surface area (Å²) in [7, 11) is 0. The van der Waals surface area contributed by atoms with Crippen molar-refractivity contribution in [3.8, 4) is 0 Å². The van der Waals surface area contributed by atoms with Gasteiger partial charge in [0.15, 0.2) is 0 Å². The van der Waals surface area contributed by atoms with Crippen LogP contribution in [0.4, 0.5) is 4.79 Å². The molecule has 0 spiro atoms. The van der Waals surface area contributed by atoms with Crippen LogP contribution in [-0.2, 0) is 14.3 Å². The number of pyridine rings is 1. The first kappa shape index (κ1) is 18.6. The molecule has 3 rings (SSSR count). The van der Waals surface area contributed by atoms with Crippen molar-refractivity contribution in [1.29, 1.82) is 0 Å². The summed E-state index contributed by atoms with van der Waals surface area (Å²) in [6, 6.07) is 7.29. The number of hydrogen-bond acceptors (Lipinski definition) is 7. The summed E-state index contributed by atoms with van der Waals surface area (Å²) in [5, 5.41) is 7.09. The maximum absolute atomic E-state index is 12.5. The second kappa shape index (κ2) is 8.45. The monoisotopic (exact) mass is 387 g/mol. The lowest BCUT2D eigenvalue weighted by atomic mass is 10.0. The SMILES string of the molecule is CCOC(=O)C1=C(COC(=O)c2ccccn2)NC(=O)N[C@H]1c1cccs1. The van der Waals surface area contributed by atoms with Crippen molar-refractivity contribution in [3.05, 3.63) is 63.7 Å². The smallest absolute Gasteiger partial charge is 0.357 e. The minimum atomic E-state index is -0.679.